The quantitative estimate of drug-likeness (QED) is 0.181. The summed E-state index contributed by atoms with van der Waals surface area (Å²) in [4.78, 5) is 18.0. The Balaban J connectivity index is 1.20. The van der Waals surface area contributed by atoms with Gasteiger partial charge in [-0.15, -0.1) is 0 Å². The molecule has 0 spiro atoms. The van der Waals surface area contributed by atoms with Gasteiger partial charge < -0.3 is 39.2 Å². The first-order chi connectivity index (χ1) is 26.6. The fraction of sp³-hybridized carbons (Fsp3) is 0.395. The summed E-state index contributed by atoms with van der Waals surface area (Å²) in [6.45, 7) is 3.82. The highest BCUT2D eigenvalue weighted by Crippen LogP contribution is 2.59. The van der Waals surface area contributed by atoms with Crippen molar-refractivity contribution in [3.05, 3.63) is 93.0 Å². The summed E-state index contributed by atoms with van der Waals surface area (Å²) in [5.41, 5.74) is 8.54. The highest BCUT2D eigenvalue weighted by atomic mass is 16.5. The number of likely N-dealkylation sites (N-methyl/N-ethyl adjacent to an activating group) is 1. The largest absolute Gasteiger partial charge is 0.504 e. The van der Waals surface area contributed by atoms with Gasteiger partial charge in [-0.2, -0.15) is 5.26 Å². The predicted molar refractivity (Wildman–Crippen MR) is 204 cm³/mol. The van der Waals surface area contributed by atoms with Crippen LogP contribution in [0.4, 0.5) is 4.79 Å². The number of methoxy groups -OCH3 is 4. The summed E-state index contributed by atoms with van der Waals surface area (Å²) in [5, 5.41) is 37.9. The Labute approximate surface area is 320 Å². The van der Waals surface area contributed by atoms with Crippen LogP contribution in [0.25, 0.3) is 11.1 Å². The maximum absolute atomic E-state index is 13.7. The number of benzene rings is 4. The van der Waals surface area contributed by atoms with Crippen molar-refractivity contribution in [2.45, 2.75) is 62.8 Å². The number of carbonyl (C=O) groups is 1. The number of rotatable bonds is 8. The first-order valence-electron chi connectivity index (χ1n) is 18.5. The van der Waals surface area contributed by atoms with E-state index in [-0.39, 0.29) is 42.4 Å². The van der Waals surface area contributed by atoms with Gasteiger partial charge in [0.25, 0.3) is 0 Å². The molecule has 3 N–H and O–H groups in total. The number of hydrogen-bond donors (Lipinski definition) is 3. The molecule has 2 bridgehead atoms. The fourth-order valence-corrected chi connectivity index (χ4v) is 10.2. The van der Waals surface area contributed by atoms with Gasteiger partial charge in [0, 0.05) is 57.9 Å². The summed E-state index contributed by atoms with van der Waals surface area (Å²) in [6.07, 6.45) is 0.152. The van der Waals surface area contributed by atoms with E-state index in [2.05, 4.69) is 45.5 Å². The van der Waals surface area contributed by atoms with Crippen molar-refractivity contribution in [1.29, 1.82) is 5.26 Å². The van der Waals surface area contributed by atoms with Crippen molar-refractivity contribution in [2.75, 3.05) is 48.6 Å². The van der Waals surface area contributed by atoms with E-state index >= 15 is 0 Å². The number of amides is 1. The molecule has 12 nitrogen and oxygen atoms in total. The molecule has 0 aromatic heterocycles. The molecule has 0 unspecified atom stereocenters. The van der Waals surface area contributed by atoms with Crippen LogP contribution in [0.15, 0.2) is 48.5 Å². The molecule has 4 aliphatic rings. The molecule has 0 saturated carbocycles. The van der Waals surface area contributed by atoms with Crippen molar-refractivity contribution in [3.63, 3.8) is 0 Å². The van der Waals surface area contributed by atoms with Crippen molar-refractivity contribution in [2.24, 2.45) is 0 Å². The van der Waals surface area contributed by atoms with Gasteiger partial charge in [-0.05, 0) is 56.0 Å². The van der Waals surface area contributed by atoms with Crippen LogP contribution >= 0.6 is 0 Å². The van der Waals surface area contributed by atoms with Crippen LogP contribution in [0.2, 0.25) is 0 Å². The number of nitrogens with zero attached hydrogens (tertiary/aromatic N) is 3. The molecule has 4 aromatic carbocycles. The maximum Gasteiger partial charge on any atom is 0.407 e. The molecule has 3 heterocycles. The summed E-state index contributed by atoms with van der Waals surface area (Å²) < 4.78 is 29.4. The second-order valence-electron chi connectivity index (χ2n) is 14.8. The number of hydrogen-bond acceptors (Lipinski definition) is 11. The molecule has 3 aliphatic heterocycles. The third-order valence-corrected chi connectivity index (χ3v) is 12.4. The topological polar surface area (TPSA) is 146 Å². The Morgan fingerprint density at radius 2 is 1.31 bits per heavy atom. The lowest BCUT2D eigenvalue weighted by Crippen LogP contribution is -2.68. The fourth-order valence-electron chi connectivity index (χ4n) is 10.2. The molecular formula is C43H46N4O8. The zero-order chi connectivity index (χ0) is 38.9. The molecule has 1 saturated heterocycles. The Morgan fingerprint density at radius 1 is 0.800 bits per heavy atom. The molecule has 55 heavy (non-hydrogen) atoms. The zero-order valence-electron chi connectivity index (χ0n) is 32.1. The third-order valence-electron chi connectivity index (χ3n) is 12.4. The Morgan fingerprint density at radius 3 is 1.85 bits per heavy atom. The van der Waals surface area contributed by atoms with Crippen molar-refractivity contribution >= 4 is 6.09 Å². The van der Waals surface area contributed by atoms with Crippen LogP contribution in [0.3, 0.4) is 0 Å². The van der Waals surface area contributed by atoms with Gasteiger partial charge in [0.15, 0.2) is 23.0 Å². The molecule has 5 atom stereocenters. The van der Waals surface area contributed by atoms with Crippen molar-refractivity contribution in [3.8, 4) is 51.7 Å². The monoisotopic (exact) mass is 747 g/mol. The average Bonchev–Trinajstić information content (AvgIpc) is 3.50. The smallest absolute Gasteiger partial charge is 0.407 e. The first-order valence-corrected chi connectivity index (χ1v) is 18.5. The van der Waals surface area contributed by atoms with Crippen LogP contribution in [0.1, 0.15) is 62.5 Å². The normalized spacial score (nSPS) is 22.3. The molecule has 1 amide bonds. The molecule has 1 fully saturated rings. The summed E-state index contributed by atoms with van der Waals surface area (Å²) in [7, 11) is 8.17. The average molecular weight is 748 g/mol. The zero-order valence-corrected chi connectivity index (χ0v) is 32.1. The van der Waals surface area contributed by atoms with Crippen LogP contribution in [0.5, 0.6) is 34.5 Å². The number of aromatic hydroxyl groups is 2. The molecule has 286 valence electrons. The number of nitrogens with one attached hydrogen (secondary N) is 1. The van der Waals surface area contributed by atoms with Crippen LogP contribution in [-0.4, -0.2) is 92.9 Å². The number of piperazine rings is 1. The van der Waals surface area contributed by atoms with E-state index in [1.807, 2.05) is 45.2 Å². The lowest BCUT2D eigenvalue weighted by molar-refractivity contribution is -0.0726. The minimum atomic E-state index is -0.709. The lowest BCUT2D eigenvalue weighted by atomic mass is 9.72. The van der Waals surface area contributed by atoms with E-state index < -0.39 is 30.3 Å². The van der Waals surface area contributed by atoms with E-state index in [1.165, 1.54) is 14.2 Å². The van der Waals surface area contributed by atoms with Gasteiger partial charge >= 0.3 is 6.09 Å². The van der Waals surface area contributed by atoms with Gasteiger partial charge in [-0.1, -0.05) is 48.5 Å². The minimum absolute atomic E-state index is 0.00379. The summed E-state index contributed by atoms with van der Waals surface area (Å²) >= 11 is 0. The van der Waals surface area contributed by atoms with E-state index in [0.717, 1.165) is 33.4 Å². The number of phenolic OH excluding ortho intramolecular Hbond substituents is 2. The minimum Gasteiger partial charge on any atom is -0.504 e. The Hall–Kier alpha value is -5.64. The van der Waals surface area contributed by atoms with Crippen LogP contribution in [0, 0.1) is 25.2 Å². The first kappa shape index (κ1) is 36.3. The summed E-state index contributed by atoms with van der Waals surface area (Å²) in [6, 6.07) is 16.3. The molecular weight excluding hydrogens is 701 g/mol. The van der Waals surface area contributed by atoms with Crippen molar-refractivity contribution < 1.29 is 38.7 Å². The molecule has 12 heteroatoms. The number of carbonyl (C=O) groups excluding carboxylic acids is 1. The molecule has 8 rings (SSSR count). The van der Waals surface area contributed by atoms with E-state index in [9.17, 15) is 20.3 Å². The second kappa shape index (κ2) is 13.9. The predicted octanol–water partition coefficient (Wildman–Crippen LogP) is 6.06. The third kappa shape index (κ3) is 5.28. The van der Waals surface area contributed by atoms with E-state index in [1.54, 1.807) is 14.2 Å². The van der Waals surface area contributed by atoms with E-state index in [0.29, 0.717) is 52.3 Å². The highest BCUT2D eigenvalue weighted by molar-refractivity contribution is 5.79. The number of fused-ring (bicyclic) bond motifs is 10. The maximum atomic E-state index is 13.7. The Bertz CT molecular complexity index is 2210. The standard InChI is InChI=1S/C43H46N4O8/c1-21-39(51-4)27-17-31-36-35-28(40(52-5)22(2)42(54-7)38(35)49)16-30(46(36)3)32(18-44)47(31)33(34(27)37(48)41(21)53-6)19-45-43(50)55-20-29-25-14-10-8-12-23(25)24-13-9-11-15-26(24)29/h8-15,29-33,36,48-49H,16-17,19-20H2,1-7H3,(H,45,50)/t30-,31-,32-,33-,36-/m0/s1/i18+1. The molecule has 1 aliphatic carbocycles. The van der Waals surface area contributed by atoms with Gasteiger partial charge in [0.2, 0.25) is 0 Å². The Kier molecular flexibility index (Phi) is 9.18. The number of alkyl carbamates (subject to hydrolysis) is 1. The van der Waals surface area contributed by atoms with Gasteiger partial charge in [-0.25, -0.2) is 4.79 Å². The van der Waals surface area contributed by atoms with Gasteiger partial charge in [0.1, 0.15) is 24.1 Å². The number of phenols is 2. The van der Waals surface area contributed by atoms with Crippen LogP contribution in [-0.2, 0) is 17.6 Å². The van der Waals surface area contributed by atoms with Crippen LogP contribution < -0.4 is 24.3 Å². The van der Waals surface area contributed by atoms with E-state index in [4.69, 9.17) is 23.7 Å². The molecule has 4 aromatic rings. The van der Waals surface area contributed by atoms with Crippen molar-refractivity contribution in [1.82, 2.24) is 15.1 Å². The lowest BCUT2D eigenvalue weighted by Gasteiger charge is -2.60. The SMILES string of the molecule is COc1c(C)c(OC)c2c(c1O)[C@@H]1[C@@H]3Cc4c(OC)c(C)c(OC)c(O)c4[C@H](CNC(=O)OCC4c5ccccc5-c5ccccc54)N3[C@@H]([13C]#N)[C@H](C2)N1C. The highest BCUT2D eigenvalue weighted by Gasteiger charge is 2.57. The second-order valence-corrected chi connectivity index (χ2v) is 14.8. The van der Waals surface area contributed by atoms with Gasteiger partial charge in [0.05, 0.1) is 46.6 Å². The number of ether oxygens (including phenoxy) is 5. The summed E-state index contributed by atoms with van der Waals surface area (Å²) in [5.74, 6) is 1.60. The van der Waals surface area contributed by atoms with Gasteiger partial charge in [-0.3, -0.25) is 9.80 Å². The number of nitriles is 1. The molecule has 0 radical (unpaired) electrons.